The van der Waals surface area contributed by atoms with E-state index in [1.807, 2.05) is 38.2 Å². The van der Waals surface area contributed by atoms with Gasteiger partial charge >= 0.3 is 0 Å². The number of aryl methyl sites for hydroxylation is 1. The highest BCUT2D eigenvalue weighted by atomic mass is 32.2. The topological polar surface area (TPSA) is 29.1 Å². The highest BCUT2D eigenvalue weighted by Gasteiger charge is 2.26. The van der Waals surface area contributed by atoms with Crippen molar-refractivity contribution in [1.82, 2.24) is 5.32 Å². The summed E-state index contributed by atoms with van der Waals surface area (Å²) in [7, 11) is 1.16. The van der Waals surface area contributed by atoms with E-state index in [1.54, 1.807) is 0 Å². The molecule has 1 saturated carbocycles. The molecule has 0 radical (unpaired) electrons. The summed E-state index contributed by atoms with van der Waals surface area (Å²) in [5, 5.41) is 3.64. The second-order valence-corrected chi connectivity index (χ2v) is 6.54. The molecular weight excluding hydrogens is 230 g/mol. The van der Waals surface area contributed by atoms with Crippen molar-refractivity contribution >= 4 is 10.8 Å². The Bertz CT molecular complexity index is 405. The number of benzene rings is 1. The summed E-state index contributed by atoms with van der Waals surface area (Å²) in [6.45, 7) is 2.05. The predicted octanol–water partition coefficient (Wildman–Crippen LogP) is 2.63. The fourth-order valence-electron chi connectivity index (χ4n) is 2.56. The Morgan fingerprint density at radius 1 is 1.29 bits per heavy atom. The van der Waals surface area contributed by atoms with Gasteiger partial charge in [0.1, 0.15) is 0 Å². The highest BCUT2D eigenvalue weighted by molar-refractivity contribution is 7.85. The lowest BCUT2D eigenvalue weighted by atomic mass is 9.95. The SMILES string of the molecule is CNC1CCCC(S(=O)c2ccccc2C)C1. The summed E-state index contributed by atoms with van der Waals surface area (Å²) in [6.07, 6.45) is 4.54. The fourth-order valence-corrected chi connectivity index (χ4v) is 4.31. The van der Waals surface area contributed by atoms with Gasteiger partial charge in [-0.3, -0.25) is 4.21 Å². The van der Waals surface area contributed by atoms with Gasteiger partial charge in [-0.25, -0.2) is 0 Å². The molecule has 1 aliphatic rings. The molecule has 94 valence electrons. The Labute approximate surface area is 106 Å². The molecule has 0 amide bonds. The lowest BCUT2D eigenvalue weighted by molar-refractivity contribution is 0.398. The maximum Gasteiger partial charge on any atom is 0.0564 e. The van der Waals surface area contributed by atoms with Crippen LogP contribution < -0.4 is 5.32 Å². The molecular formula is C14H21NOS. The van der Waals surface area contributed by atoms with Crippen LogP contribution in [0.25, 0.3) is 0 Å². The van der Waals surface area contributed by atoms with Crippen molar-refractivity contribution in [2.75, 3.05) is 7.05 Å². The maximum absolute atomic E-state index is 12.6. The molecule has 3 atom stereocenters. The van der Waals surface area contributed by atoms with Gasteiger partial charge in [0.25, 0.3) is 0 Å². The van der Waals surface area contributed by atoms with Gasteiger partial charge in [0.05, 0.1) is 10.8 Å². The first-order valence-electron chi connectivity index (χ1n) is 6.36. The van der Waals surface area contributed by atoms with Crippen LogP contribution in [0.2, 0.25) is 0 Å². The monoisotopic (exact) mass is 251 g/mol. The van der Waals surface area contributed by atoms with Crippen molar-refractivity contribution < 1.29 is 4.21 Å². The number of rotatable bonds is 3. The normalized spacial score (nSPS) is 26.7. The van der Waals surface area contributed by atoms with Crippen LogP contribution in [0.3, 0.4) is 0 Å². The molecule has 0 heterocycles. The van der Waals surface area contributed by atoms with Crippen LogP contribution in [0, 0.1) is 6.92 Å². The molecule has 3 heteroatoms. The Kier molecular flexibility index (Phi) is 4.35. The lowest BCUT2D eigenvalue weighted by Crippen LogP contribution is -2.35. The van der Waals surface area contributed by atoms with Crippen LogP contribution in [0.5, 0.6) is 0 Å². The molecule has 1 aliphatic carbocycles. The minimum absolute atomic E-state index is 0.322. The zero-order valence-electron chi connectivity index (χ0n) is 10.6. The van der Waals surface area contributed by atoms with Crippen LogP contribution in [-0.4, -0.2) is 22.5 Å². The van der Waals surface area contributed by atoms with Crippen molar-refractivity contribution in [3.8, 4) is 0 Å². The number of hydrogen-bond donors (Lipinski definition) is 1. The van der Waals surface area contributed by atoms with E-state index < -0.39 is 10.8 Å². The molecule has 0 spiro atoms. The first-order valence-corrected chi connectivity index (χ1v) is 7.57. The minimum atomic E-state index is -0.844. The van der Waals surface area contributed by atoms with Gasteiger partial charge < -0.3 is 5.32 Å². The third-order valence-electron chi connectivity index (χ3n) is 3.65. The molecule has 0 bridgehead atoms. The van der Waals surface area contributed by atoms with E-state index >= 15 is 0 Å². The summed E-state index contributed by atoms with van der Waals surface area (Å²) in [6, 6.07) is 8.59. The first kappa shape index (κ1) is 12.8. The Morgan fingerprint density at radius 3 is 2.76 bits per heavy atom. The van der Waals surface area contributed by atoms with Crippen LogP contribution in [-0.2, 0) is 10.8 Å². The average molecular weight is 251 g/mol. The third kappa shape index (κ3) is 2.96. The Morgan fingerprint density at radius 2 is 2.06 bits per heavy atom. The fraction of sp³-hybridized carbons (Fsp3) is 0.571. The molecule has 2 rings (SSSR count). The summed E-state index contributed by atoms with van der Waals surface area (Å²) >= 11 is 0. The van der Waals surface area contributed by atoms with Gasteiger partial charge in [-0.15, -0.1) is 0 Å². The zero-order valence-corrected chi connectivity index (χ0v) is 11.4. The largest absolute Gasteiger partial charge is 0.317 e. The number of nitrogens with one attached hydrogen (secondary N) is 1. The molecule has 0 saturated heterocycles. The second kappa shape index (κ2) is 5.78. The Hall–Kier alpha value is -0.670. The van der Waals surface area contributed by atoms with Crippen LogP contribution >= 0.6 is 0 Å². The molecule has 1 aromatic carbocycles. The van der Waals surface area contributed by atoms with E-state index in [1.165, 1.54) is 12.8 Å². The van der Waals surface area contributed by atoms with Gasteiger partial charge in [0.2, 0.25) is 0 Å². The summed E-state index contributed by atoms with van der Waals surface area (Å²) in [5.41, 5.74) is 1.15. The Balaban J connectivity index is 2.12. The highest BCUT2D eigenvalue weighted by Crippen LogP contribution is 2.27. The van der Waals surface area contributed by atoms with Gasteiger partial charge in [-0.1, -0.05) is 24.6 Å². The second-order valence-electron chi connectivity index (χ2n) is 4.84. The van der Waals surface area contributed by atoms with E-state index in [-0.39, 0.29) is 0 Å². The first-order chi connectivity index (χ1) is 8.22. The van der Waals surface area contributed by atoms with Crippen molar-refractivity contribution in [2.45, 2.75) is 48.8 Å². The van der Waals surface area contributed by atoms with Gasteiger partial charge in [0, 0.05) is 16.2 Å². The molecule has 1 N–H and O–H groups in total. The zero-order chi connectivity index (χ0) is 12.3. The molecule has 3 unspecified atom stereocenters. The van der Waals surface area contributed by atoms with E-state index in [0.717, 1.165) is 23.3 Å². The maximum atomic E-state index is 12.6. The van der Waals surface area contributed by atoms with Gasteiger partial charge in [-0.05, 0) is 44.9 Å². The van der Waals surface area contributed by atoms with Crippen molar-refractivity contribution in [3.63, 3.8) is 0 Å². The van der Waals surface area contributed by atoms with E-state index in [9.17, 15) is 4.21 Å². The summed E-state index contributed by atoms with van der Waals surface area (Å²) < 4.78 is 12.6. The molecule has 1 fully saturated rings. The molecule has 0 aromatic heterocycles. The van der Waals surface area contributed by atoms with Gasteiger partial charge in [-0.2, -0.15) is 0 Å². The van der Waals surface area contributed by atoms with Crippen LogP contribution in [0.15, 0.2) is 29.2 Å². The quantitative estimate of drug-likeness (QED) is 0.895. The number of hydrogen-bond acceptors (Lipinski definition) is 2. The van der Waals surface area contributed by atoms with Gasteiger partial charge in [0.15, 0.2) is 0 Å². The molecule has 1 aromatic rings. The average Bonchev–Trinajstić information content (AvgIpc) is 2.38. The van der Waals surface area contributed by atoms with Crippen molar-refractivity contribution in [2.24, 2.45) is 0 Å². The predicted molar refractivity (Wildman–Crippen MR) is 72.7 cm³/mol. The van der Waals surface area contributed by atoms with Crippen molar-refractivity contribution in [3.05, 3.63) is 29.8 Å². The molecule has 17 heavy (non-hydrogen) atoms. The van der Waals surface area contributed by atoms with Crippen LogP contribution in [0.1, 0.15) is 31.2 Å². The molecule has 2 nitrogen and oxygen atoms in total. The molecule has 0 aliphatic heterocycles. The van der Waals surface area contributed by atoms with E-state index in [0.29, 0.717) is 11.3 Å². The lowest BCUT2D eigenvalue weighted by Gasteiger charge is -2.28. The third-order valence-corrected chi connectivity index (χ3v) is 5.57. The van der Waals surface area contributed by atoms with E-state index in [2.05, 4.69) is 5.32 Å². The minimum Gasteiger partial charge on any atom is -0.317 e. The van der Waals surface area contributed by atoms with Crippen LogP contribution in [0.4, 0.5) is 0 Å². The van der Waals surface area contributed by atoms with Crippen molar-refractivity contribution in [1.29, 1.82) is 0 Å². The summed E-state index contributed by atoms with van der Waals surface area (Å²) in [4.78, 5) is 1.02. The van der Waals surface area contributed by atoms with E-state index in [4.69, 9.17) is 0 Å². The summed E-state index contributed by atoms with van der Waals surface area (Å²) in [5.74, 6) is 0. The standard InChI is InChI=1S/C14H21NOS/c1-11-6-3-4-9-14(11)17(16)13-8-5-7-12(10-13)15-2/h3-4,6,9,12-13,15H,5,7-8,10H2,1-2H3. The smallest absolute Gasteiger partial charge is 0.0564 e.